The topological polar surface area (TPSA) is 12.0 Å². The third-order valence-corrected chi connectivity index (χ3v) is 4.36. The highest BCUT2D eigenvalue weighted by Gasteiger charge is 2.52. The molecule has 2 saturated heterocycles. The third kappa shape index (κ3) is 2.16. The van der Waals surface area contributed by atoms with E-state index in [1.54, 1.807) is 0 Å². The van der Waals surface area contributed by atoms with Crippen LogP contribution in [-0.2, 0) is 6.42 Å². The predicted molar refractivity (Wildman–Crippen MR) is 67.9 cm³/mol. The van der Waals surface area contributed by atoms with Gasteiger partial charge < -0.3 is 5.32 Å². The first-order chi connectivity index (χ1) is 8.54. The lowest BCUT2D eigenvalue weighted by Crippen LogP contribution is -2.52. The number of piperidine rings is 1. The van der Waals surface area contributed by atoms with Crippen LogP contribution >= 0.6 is 0 Å². The Labute approximate surface area is 107 Å². The number of halogens is 2. The second kappa shape index (κ2) is 4.30. The lowest BCUT2D eigenvalue weighted by molar-refractivity contribution is -0.0954. The summed E-state index contributed by atoms with van der Waals surface area (Å²) in [6.07, 6.45) is 2.31. The Morgan fingerprint density at radius 3 is 2.94 bits per heavy atom. The Morgan fingerprint density at radius 2 is 2.17 bits per heavy atom. The molecular weight excluding hydrogens is 232 g/mol. The molecule has 3 unspecified atom stereocenters. The molecule has 2 aliphatic heterocycles. The maximum absolute atomic E-state index is 14.2. The SMILES string of the molecule is Cc1cccc(CC2C3CCC(CC2(F)F)N3)c1. The maximum Gasteiger partial charge on any atom is 0.254 e. The number of rotatable bonds is 2. The molecule has 0 amide bonds. The lowest BCUT2D eigenvalue weighted by Gasteiger charge is -2.37. The molecule has 1 N–H and O–H groups in total. The minimum Gasteiger partial charge on any atom is -0.310 e. The zero-order valence-corrected chi connectivity index (χ0v) is 10.6. The molecule has 0 saturated carbocycles. The highest BCUT2D eigenvalue weighted by Crippen LogP contribution is 2.43. The summed E-state index contributed by atoms with van der Waals surface area (Å²) >= 11 is 0. The van der Waals surface area contributed by atoms with Gasteiger partial charge >= 0.3 is 0 Å². The van der Waals surface area contributed by atoms with Crippen LogP contribution in [0, 0.1) is 12.8 Å². The number of aryl methyl sites for hydroxylation is 1. The molecule has 0 radical (unpaired) electrons. The van der Waals surface area contributed by atoms with Crippen molar-refractivity contribution >= 4 is 0 Å². The Morgan fingerprint density at radius 1 is 1.33 bits per heavy atom. The van der Waals surface area contributed by atoms with Crippen LogP contribution in [0.1, 0.15) is 30.4 Å². The quantitative estimate of drug-likeness (QED) is 0.850. The zero-order chi connectivity index (χ0) is 12.8. The second-order valence-corrected chi connectivity index (χ2v) is 5.81. The number of nitrogens with one attached hydrogen (secondary N) is 1. The van der Waals surface area contributed by atoms with Gasteiger partial charge in [-0.3, -0.25) is 0 Å². The monoisotopic (exact) mass is 251 g/mol. The summed E-state index contributed by atoms with van der Waals surface area (Å²) in [5, 5.41) is 3.35. The third-order valence-electron chi connectivity index (χ3n) is 4.36. The molecule has 1 aromatic rings. The summed E-state index contributed by atoms with van der Waals surface area (Å²) in [4.78, 5) is 0. The first-order valence-electron chi connectivity index (χ1n) is 6.74. The second-order valence-electron chi connectivity index (χ2n) is 5.81. The van der Waals surface area contributed by atoms with Crippen molar-refractivity contribution in [1.29, 1.82) is 0 Å². The average molecular weight is 251 g/mol. The Bertz CT molecular complexity index is 444. The first kappa shape index (κ1) is 12.1. The fraction of sp³-hybridized carbons (Fsp3) is 0.600. The molecule has 0 aliphatic carbocycles. The van der Waals surface area contributed by atoms with Gasteiger partial charge in [0, 0.05) is 24.4 Å². The number of benzene rings is 1. The van der Waals surface area contributed by atoms with E-state index in [9.17, 15) is 8.78 Å². The van der Waals surface area contributed by atoms with Gasteiger partial charge in [0.2, 0.25) is 0 Å². The standard InChI is InChI=1S/C15H19F2N/c1-10-3-2-4-11(7-10)8-13-14-6-5-12(18-14)9-15(13,16)17/h2-4,7,12-14,18H,5-6,8-9H2,1H3. The minimum atomic E-state index is -2.51. The molecule has 3 rings (SSSR count). The molecule has 0 aromatic heterocycles. The van der Waals surface area contributed by atoms with Crippen molar-refractivity contribution in [3.05, 3.63) is 35.4 Å². The smallest absolute Gasteiger partial charge is 0.254 e. The van der Waals surface area contributed by atoms with E-state index in [0.29, 0.717) is 6.42 Å². The Kier molecular flexibility index (Phi) is 2.89. The zero-order valence-electron chi connectivity index (χ0n) is 10.6. The minimum absolute atomic E-state index is 0.000683. The van der Waals surface area contributed by atoms with Crippen molar-refractivity contribution in [3.8, 4) is 0 Å². The fourth-order valence-corrected chi connectivity index (χ4v) is 3.49. The molecular formula is C15H19F2N. The molecule has 0 spiro atoms. The van der Waals surface area contributed by atoms with Crippen molar-refractivity contribution in [1.82, 2.24) is 5.32 Å². The molecule has 2 aliphatic rings. The molecule has 2 bridgehead atoms. The molecule has 1 nitrogen and oxygen atoms in total. The van der Waals surface area contributed by atoms with Crippen LogP contribution in [0.25, 0.3) is 0 Å². The van der Waals surface area contributed by atoms with Gasteiger partial charge in [0.15, 0.2) is 0 Å². The number of hydrogen-bond donors (Lipinski definition) is 1. The van der Waals surface area contributed by atoms with Crippen LogP contribution in [0.2, 0.25) is 0 Å². The summed E-state index contributed by atoms with van der Waals surface area (Å²) in [6, 6.07) is 7.99. The predicted octanol–water partition coefficient (Wildman–Crippen LogP) is 3.31. The van der Waals surface area contributed by atoms with E-state index >= 15 is 0 Å². The van der Waals surface area contributed by atoms with Crippen molar-refractivity contribution in [2.75, 3.05) is 0 Å². The van der Waals surface area contributed by atoms with Crippen molar-refractivity contribution in [2.45, 2.75) is 50.6 Å². The van der Waals surface area contributed by atoms with Crippen LogP contribution in [0.4, 0.5) is 8.78 Å². The van der Waals surface area contributed by atoms with Crippen LogP contribution in [-0.4, -0.2) is 18.0 Å². The summed E-state index contributed by atoms with van der Waals surface area (Å²) in [5.74, 6) is -3.06. The molecule has 98 valence electrons. The molecule has 1 aromatic carbocycles. The highest BCUT2D eigenvalue weighted by molar-refractivity contribution is 5.23. The first-order valence-corrected chi connectivity index (χ1v) is 6.74. The van der Waals surface area contributed by atoms with Crippen molar-refractivity contribution in [2.24, 2.45) is 5.92 Å². The van der Waals surface area contributed by atoms with Crippen LogP contribution in [0.15, 0.2) is 24.3 Å². The molecule has 2 fully saturated rings. The normalized spacial score (nSPS) is 33.6. The van der Waals surface area contributed by atoms with E-state index in [2.05, 4.69) is 5.32 Å². The van der Waals surface area contributed by atoms with E-state index in [0.717, 1.165) is 24.0 Å². The lowest BCUT2D eigenvalue weighted by atomic mass is 9.83. The van der Waals surface area contributed by atoms with E-state index < -0.39 is 11.8 Å². The van der Waals surface area contributed by atoms with Crippen LogP contribution in [0.3, 0.4) is 0 Å². The highest BCUT2D eigenvalue weighted by atomic mass is 19.3. The Hall–Kier alpha value is -0.960. The van der Waals surface area contributed by atoms with E-state index in [1.165, 1.54) is 0 Å². The summed E-state index contributed by atoms with van der Waals surface area (Å²) < 4.78 is 28.3. The molecule has 2 heterocycles. The van der Waals surface area contributed by atoms with E-state index in [1.807, 2.05) is 31.2 Å². The Balaban J connectivity index is 1.82. The van der Waals surface area contributed by atoms with Gasteiger partial charge in [-0.25, -0.2) is 8.78 Å². The number of hydrogen-bond acceptors (Lipinski definition) is 1. The summed E-state index contributed by atoms with van der Waals surface area (Å²) in [6.45, 7) is 2.01. The number of fused-ring (bicyclic) bond motifs is 2. The van der Waals surface area contributed by atoms with Crippen molar-refractivity contribution in [3.63, 3.8) is 0 Å². The van der Waals surface area contributed by atoms with Gasteiger partial charge in [0.25, 0.3) is 5.92 Å². The van der Waals surface area contributed by atoms with Gasteiger partial charge in [-0.05, 0) is 31.7 Å². The average Bonchev–Trinajstić information content (AvgIpc) is 2.68. The number of alkyl halides is 2. The van der Waals surface area contributed by atoms with Gasteiger partial charge in [-0.1, -0.05) is 29.8 Å². The van der Waals surface area contributed by atoms with Gasteiger partial charge in [0.1, 0.15) is 0 Å². The molecule has 18 heavy (non-hydrogen) atoms. The largest absolute Gasteiger partial charge is 0.310 e. The van der Waals surface area contributed by atoms with Gasteiger partial charge in [-0.2, -0.15) is 0 Å². The maximum atomic E-state index is 14.2. The molecule has 3 heteroatoms. The van der Waals surface area contributed by atoms with Gasteiger partial charge in [-0.15, -0.1) is 0 Å². The molecule has 3 atom stereocenters. The van der Waals surface area contributed by atoms with E-state index in [-0.39, 0.29) is 18.5 Å². The van der Waals surface area contributed by atoms with Gasteiger partial charge in [0.05, 0.1) is 0 Å². The van der Waals surface area contributed by atoms with Crippen LogP contribution < -0.4 is 5.32 Å². The van der Waals surface area contributed by atoms with Crippen molar-refractivity contribution < 1.29 is 8.78 Å². The van der Waals surface area contributed by atoms with Crippen LogP contribution in [0.5, 0.6) is 0 Å². The van der Waals surface area contributed by atoms with E-state index in [4.69, 9.17) is 0 Å². The summed E-state index contributed by atoms with van der Waals surface area (Å²) in [5.41, 5.74) is 2.18. The summed E-state index contributed by atoms with van der Waals surface area (Å²) in [7, 11) is 0. The fourth-order valence-electron chi connectivity index (χ4n) is 3.49.